The number of rotatable bonds is 5. The molecule has 3 rings (SSSR count). The van der Waals surface area contributed by atoms with E-state index < -0.39 is 8.07 Å². The summed E-state index contributed by atoms with van der Waals surface area (Å²) in [7, 11) is -1.45. The van der Waals surface area contributed by atoms with Crippen molar-refractivity contribution in [2.45, 2.75) is 53.3 Å². The molecule has 2 aromatic carbocycles. The minimum atomic E-state index is -1.45. The molecule has 3 aromatic rings. The van der Waals surface area contributed by atoms with Crippen LogP contribution < -0.4 is 5.19 Å². The van der Waals surface area contributed by atoms with Gasteiger partial charge in [-0.15, -0.1) is 0 Å². The van der Waals surface area contributed by atoms with Crippen LogP contribution in [0.5, 0.6) is 0 Å². The third-order valence-electron chi connectivity index (χ3n) is 5.85. The molecule has 0 spiro atoms. The van der Waals surface area contributed by atoms with Gasteiger partial charge in [0.1, 0.15) is 0 Å². The van der Waals surface area contributed by atoms with Gasteiger partial charge in [0.2, 0.25) is 0 Å². The first-order chi connectivity index (χ1) is 13.2. The van der Waals surface area contributed by atoms with Crippen LogP contribution in [0, 0.1) is 12.8 Å². The summed E-state index contributed by atoms with van der Waals surface area (Å²) < 4.78 is 0. The van der Waals surface area contributed by atoms with Crippen LogP contribution in [0.3, 0.4) is 0 Å². The van der Waals surface area contributed by atoms with Crippen LogP contribution in [0.15, 0.2) is 60.8 Å². The van der Waals surface area contributed by atoms with E-state index in [0.717, 1.165) is 5.69 Å². The molecule has 0 fully saturated rings. The number of pyridine rings is 1. The Bertz CT molecular complexity index is 952. The third-order valence-corrected chi connectivity index (χ3v) is 7.89. The van der Waals surface area contributed by atoms with E-state index in [2.05, 4.69) is 108 Å². The average Bonchev–Trinajstić information content (AvgIpc) is 2.67. The quantitative estimate of drug-likeness (QED) is 0.428. The van der Waals surface area contributed by atoms with Crippen molar-refractivity contribution < 1.29 is 0 Å². The van der Waals surface area contributed by atoms with E-state index in [1.54, 1.807) is 0 Å². The van der Waals surface area contributed by atoms with Gasteiger partial charge >= 0.3 is 0 Å². The maximum Gasteiger partial charge on any atom is 0.0799 e. The highest BCUT2D eigenvalue weighted by atomic mass is 28.3. The van der Waals surface area contributed by atoms with E-state index in [9.17, 15) is 0 Å². The molecule has 2 heteroatoms. The second-order valence-electron chi connectivity index (χ2n) is 9.34. The Hall–Kier alpha value is -2.19. The van der Waals surface area contributed by atoms with Crippen molar-refractivity contribution in [3.05, 3.63) is 71.9 Å². The molecule has 1 atom stereocenters. The first-order valence-corrected chi connectivity index (χ1v) is 13.9. The summed E-state index contributed by atoms with van der Waals surface area (Å²) in [4.78, 5) is 4.92. The van der Waals surface area contributed by atoms with Crippen molar-refractivity contribution in [2.24, 2.45) is 5.92 Å². The number of aryl methyl sites for hydroxylation is 1. The Labute approximate surface area is 171 Å². The lowest BCUT2D eigenvalue weighted by atomic mass is 9.89. The van der Waals surface area contributed by atoms with Crippen LogP contribution >= 0.6 is 0 Å². The van der Waals surface area contributed by atoms with Gasteiger partial charge < -0.3 is 0 Å². The molecule has 0 amide bonds. The van der Waals surface area contributed by atoms with E-state index in [4.69, 9.17) is 4.98 Å². The number of benzene rings is 2. The molecule has 0 N–H and O–H groups in total. The average molecular weight is 388 g/mol. The lowest BCUT2D eigenvalue weighted by Crippen LogP contribution is -2.41. The normalized spacial score (nSPS) is 13.0. The molecule has 0 bridgehead atoms. The fourth-order valence-corrected chi connectivity index (χ4v) is 5.32. The van der Waals surface area contributed by atoms with Gasteiger partial charge in [0.15, 0.2) is 0 Å². The molecule has 146 valence electrons. The summed E-state index contributed by atoms with van der Waals surface area (Å²) in [6, 6.07) is 19.7. The SMILES string of the molecule is Cc1ccc(-c2cc(C(C)C(C)C)c([Si](C)(C)C)cn2)cc1-c1ccccc1. The first-order valence-electron chi connectivity index (χ1n) is 10.4. The Kier molecular flexibility index (Phi) is 5.90. The van der Waals surface area contributed by atoms with Crippen LogP contribution in [0.2, 0.25) is 19.6 Å². The Morgan fingerprint density at radius 1 is 0.821 bits per heavy atom. The summed E-state index contributed by atoms with van der Waals surface area (Å²) in [6.45, 7) is 16.4. The van der Waals surface area contributed by atoms with Gasteiger partial charge in [-0.05, 0) is 58.3 Å². The van der Waals surface area contributed by atoms with Gasteiger partial charge in [0.25, 0.3) is 0 Å². The second kappa shape index (κ2) is 8.04. The molecule has 0 radical (unpaired) electrons. The molecule has 0 saturated carbocycles. The predicted octanol–water partition coefficient (Wildman–Crippen LogP) is 7.03. The van der Waals surface area contributed by atoms with Gasteiger partial charge in [-0.25, -0.2) is 0 Å². The highest BCUT2D eigenvalue weighted by Crippen LogP contribution is 2.31. The van der Waals surface area contributed by atoms with Crippen molar-refractivity contribution in [2.75, 3.05) is 0 Å². The van der Waals surface area contributed by atoms with Crippen LogP contribution in [0.25, 0.3) is 22.4 Å². The molecular formula is C26H33NSi. The number of aromatic nitrogens is 1. The minimum Gasteiger partial charge on any atom is -0.256 e. The molecule has 1 nitrogen and oxygen atoms in total. The van der Waals surface area contributed by atoms with Gasteiger partial charge in [-0.2, -0.15) is 0 Å². The number of hydrogen-bond acceptors (Lipinski definition) is 1. The van der Waals surface area contributed by atoms with Crippen molar-refractivity contribution in [1.82, 2.24) is 4.98 Å². The zero-order valence-corrected chi connectivity index (χ0v) is 19.4. The predicted molar refractivity (Wildman–Crippen MR) is 126 cm³/mol. The van der Waals surface area contributed by atoms with Gasteiger partial charge in [-0.3, -0.25) is 4.98 Å². The maximum atomic E-state index is 4.92. The van der Waals surface area contributed by atoms with Crippen LogP contribution in [-0.2, 0) is 0 Å². The summed E-state index contributed by atoms with van der Waals surface area (Å²) in [5, 5.41) is 1.49. The molecule has 0 aliphatic heterocycles. The summed E-state index contributed by atoms with van der Waals surface area (Å²) >= 11 is 0. The monoisotopic (exact) mass is 387 g/mol. The standard InChI is InChI=1S/C26H33NSi/c1-18(2)20(4)24-16-25(27-17-26(24)28(5,6)7)22-14-13-19(3)23(15-22)21-11-9-8-10-12-21/h8-18,20H,1-7H3. The molecule has 0 aliphatic carbocycles. The number of nitrogens with zero attached hydrogens (tertiary/aromatic N) is 1. The molecule has 1 unspecified atom stereocenters. The van der Waals surface area contributed by atoms with Crippen molar-refractivity contribution in [1.29, 1.82) is 0 Å². The lowest BCUT2D eigenvalue weighted by molar-refractivity contribution is 0.537. The Morgan fingerprint density at radius 3 is 2.11 bits per heavy atom. The molecule has 28 heavy (non-hydrogen) atoms. The maximum absolute atomic E-state index is 4.92. The van der Waals surface area contributed by atoms with E-state index in [-0.39, 0.29) is 0 Å². The van der Waals surface area contributed by atoms with E-state index >= 15 is 0 Å². The van der Waals surface area contributed by atoms with Gasteiger partial charge in [-0.1, -0.05) is 82.9 Å². The minimum absolute atomic E-state index is 0.530. The lowest BCUT2D eigenvalue weighted by Gasteiger charge is -2.26. The fraction of sp³-hybridized carbons (Fsp3) is 0.346. The van der Waals surface area contributed by atoms with Gasteiger partial charge in [0.05, 0.1) is 13.8 Å². The summed E-state index contributed by atoms with van der Waals surface area (Å²) in [5.41, 5.74) is 7.61. The van der Waals surface area contributed by atoms with Crippen LogP contribution in [0.1, 0.15) is 37.8 Å². The second-order valence-corrected chi connectivity index (χ2v) is 14.4. The topological polar surface area (TPSA) is 12.9 Å². The first kappa shape index (κ1) is 20.5. The van der Waals surface area contributed by atoms with Crippen molar-refractivity contribution in [3.63, 3.8) is 0 Å². The summed E-state index contributed by atoms with van der Waals surface area (Å²) in [5.74, 6) is 1.14. The zero-order chi connectivity index (χ0) is 20.5. The number of hydrogen-bond donors (Lipinski definition) is 0. The molecule has 0 saturated heterocycles. The molecule has 1 aromatic heterocycles. The van der Waals surface area contributed by atoms with Gasteiger partial charge in [0, 0.05) is 11.8 Å². The smallest absolute Gasteiger partial charge is 0.0799 e. The third kappa shape index (κ3) is 4.28. The largest absolute Gasteiger partial charge is 0.256 e. The summed E-state index contributed by atoms with van der Waals surface area (Å²) in [6.07, 6.45) is 2.16. The highest BCUT2D eigenvalue weighted by Gasteiger charge is 2.25. The fourth-order valence-electron chi connectivity index (χ4n) is 3.70. The van der Waals surface area contributed by atoms with Crippen molar-refractivity contribution >= 4 is 13.3 Å². The van der Waals surface area contributed by atoms with E-state index in [1.165, 1.54) is 33.0 Å². The van der Waals surface area contributed by atoms with E-state index in [0.29, 0.717) is 11.8 Å². The molecule has 0 aliphatic rings. The van der Waals surface area contributed by atoms with Crippen LogP contribution in [0.4, 0.5) is 0 Å². The molecular weight excluding hydrogens is 354 g/mol. The Balaban J connectivity index is 2.13. The Morgan fingerprint density at radius 2 is 1.50 bits per heavy atom. The van der Waals surface area contributed by atoms with E-state index in [1.807, 2.05) is 0 Å². The highest BCUT2D eigenvalue weighted by molar-refractivity contribution is 6.89. The zero-order valence-electron chi connectivity index (χ0n) is 18.4. The molecule has 1 heterocycles. The van der Waals surface area contributed by atoms with Crippen LogP contribution in [-0.4, -0.2) is 13.1 Å². The van der Waals surface area contributed by atoms with Crippen molar-refractivity contribution in [3.8, 4) is 22.4 Å².